The van der Waals surface area contributed by atoms with Gasteiger partial charge in [-0.3, -0.25) is 9.78 Å². The Labute approximate surface area is 139 Å². The fourth-order valence-electron chi connectivity index (χ4n) is 2.02. The minimum Gasteiger partial charge on any atom is -0.396 e. The highest BCUT2D eigenvalue weighted by atomic mass is 32.2. The van der Waals surface area contributed by atoms with E-state index in [2.05, 4.69) is 10.3 Å². The van der Waals surface area contributed by atoms with Gasteiger partial charge in [0.15, 0.2) is 0 Å². The van der Waals surface area contributed by atoms with Gasteiger partial charge in [-0.1, -0.05) is 12.1 Å². The second-order valence-electron chi connectivity index (χ2n) is 5.06. The molecule has 0 fully saturated rings. The molecule has 1 aromatic heterocycles. The number of halogens is 1. The molecule has 0 unspecified atom stereocenters. The van der Waals surface area contributed by atoms with E-state index < -0.39 is 5.92 Å². The number of hydrogen-bond donors (Lipinski definition) is 2. The summed E-state index contributed by atoms with van der Waals surface area (Å²) < 4.78 is 13.3. The summed E-state index contributed by atoms with van der Waals surface area (Å²) >= 11 is 1.55. The van der Waals surface area contributed by atoms with Crippen LogP contribution >= 0.6 is 11.8 Å². The first kappa shape index (κ1) is 17.4. The van der Waals surface area contributed by atoms with Gasteiger partial charge in [-0.25, -0.2) is 4.39 Å². The van der Waals surface area contributed by atoms with Crippen molar-refractivity contribution in [1.82, 2.24) is 4.98 Å². The monoisotopic (exact) mass is 334 g/mol. The van der Waals surface area contributed by atoms with Crippen molar-refractivity contribution in [2.45, 2.75) is 24.2 Å². The second kappa shape index (κ2) is 8.64. The number of carbonyl (C=O) groups is 1. The summed E-state index contributed by atoms with van der Waals surface area (Å²) in [5.41, 5.74) is 1.25. The molecule has 2 N–H and O–H groups in total. The molecule has 1 aromatic carbocycles. The maximum atomic E-state index is 13.3. The maximum absolute atomic E-state index is 13.3. The zero-order valence-electron chi connectivity index (χ0n) is 12.8. The van der Waals surface area contributed by atoms with Crippen molar-refractivity contribution in [1.29, 1.82) is 0 Å². The van der Waals surface area contributed by atoms with Gasteiger partial charge in [0, 0.05) is 23.5 Å². The van der Waals surface area contributed by atoms with Crippen LogP contribution < -0.4 is 5.32 Å². The molecule has 1 amide bonds. The van der Waals surface area contributed by atoms with E-state index in [1.165, 1.54) is 12.1 Å². The number of aliphatic hydroxyl groups excluding tert-OH is 1. The number of nitrogens with one attached hydrogen (secondary N) is 1. The Hall–Kier alpha value is -1.92. The van der Waals surface area contributed by atoms with Crippen molar-refractivity contribution in [3.8, 4) is 0 Å². The molecule has 0 spiro atoms. The van der Waals surface area contributed by atoms with Gasteiger partial charge >= 0.3 is 0 Å². The summed E-state index contributed by atoms with van der Waals surface area (Å²) in [4.78, 5) is 17.3. The first-order valence-electron chi connectivity index (χ1n) is 7.36. The highest BCUT2D eigenvalue weighted by Crippen LogP contribution is 2.28. The number of aliphatic hydroxyl groups is 1. The lowest BCUT2D eigenvalue weighted by Gasteiger charge is -2.14. The van der Waals surface area contributed by atoms with Crippen LogP contribution in [0.5, 0.6) is 0 Å². The minimum absolute atomic E-state index is 0.135. The lowest BCUT2D eigenvalue weighted by Crippen LogP contribution is -2.19. The zero-order chi connectivity index (χ0) is 16.7. The summed E-state index contributed by atoms with van der Waals surface area (Å²) in [7, 11) is 0. The van der Waals surface area contributed by atoms with Gasteiger partial charge in [0.25, 0.3) is 0 Å². The van der Waals surface area contributed by atoms with E-state index in [0.717, 1.165) is 10.6 Å². The number of thioether (sulfide) groups is 1. The number of nitrogens with zero attached hydrogens (tertiary/aromatic N) is 1. The number of pyridine rings is 1. The number of benzene rings is 1. The van der Waals surface area contributed by atoms with Crippen LogP contribution in [0.15, 0.2) is 47.6 Å². The van der Waals surface area contributed by atoms with Gasteiger partial charge in [0.2, 0.25) is 5.91 Å². The summed E-state index contributed by atoms with van der Waals surface area (Å²) in [5.74, 6) is -0.291. The Bertz CT molecular complexity index is 667. The largest absolute Gasteiger partial charge is 0.396 e. The van der Waals surface area contributed by atoms with E-state index in [-0.39, 0.29) is 18.3 Å². The molecule has 1 heterocycles. The third kappa shape index (κ3) is 5.04. The SMILES string of the molecule is C[C@H](C(=O)Nc1cnccc1SCCCO)c1cccc(F)c1. The molecule has 2 aromatic rings. The van der Waals surface area contributed by atoms with Crippen LogP contribution in [0.25, 0.3) is 0 Å². The van der Waals surface area contributed by atoms with Crippen LogP contribution in [0.2, 0.25) is 0 Å². The topological polar surface area (TPSA) is 62.2 Å². The molecule has 0 aliphatic rings. The quantitative estimate of drug-likeness (QED) is 0.601. The lowest BCUT2D eigenvalue weighted by molar-refractivity contribution is -0.117. The number of carbonyl (C=O) groups excluding carboxylic acids is 1. The molecule has 0 radical (unpaired) electrons. The third-order valence-electron chi connectivity index (χ3n) is 3.34. The van der Waals surface area contributed by atoms with Crippen LogP contribution in [-0.4, -0.2) is 28.4 Å². The van der Waals surface area contributed by atoms with Gasteiger partial charge in [0.1, 0.15) is 5.82 Å². The number of amides is 1. The summed E-state index contributed by atoms with van der Waals surface area (Å²) in [6.07, 6.45) is 3.94. The van der Waals surface area contributed by atoms with Gasteiger partial charge < -0.3 is 10.4 Å². The van der Waals surface area contributed by atoms with E-state index in [0.29, 0.717) is 17.7 Å². The summed E-state index contributed by atoms with van der Waals surface area (Å²) in [6, 6.07) is 7.86. The highest BCUT2D eigenvalue weighted by molar-refractivity contribution is 7.99. The molecule has 0 aliphatic carbocycles. The Kier molecular flexibility index (Phi) is 6.55. The normalized spacial score (nSPS) is 12.0. The standard InChI is InChI=1S/C17H19FN2O2S/c1-12(13-4-2-5-14(18)10-13)17(22)20-15-11-19-7-6-16(15)23-9-3-8-21/h2,4-7,10-12,21H,3,8-9H2,1H3,(H,20,22)/t12-/m0/s1. The van der Waals surface area contributed by atoms with E-state index in [1.54, 1.807) is 43.2 Å². The Morgan fingerprint density at radius 1 is 1.43 bits per heavy atom. The minimum atomic E-state index is -0.471. The van der Waals surface area contributed by atoms with Crippen LogP contribution in [0.4, 0.5) is 10.1 Å². The highest BCUT2D eigenvalue weighted by Gasteiger charge is 2.17. The van der Waals surface area contributed by atoms with E-state index >= 15 is 0 Å². The van der Waals surface area contributed by atoms with Crippen molar-refractivity contribution in [2.24, 2.45) is 0 Å². The van der Waals surface area contributed by atoms with Crippen LogP contribution in [0, 0.1) is 5.82 Å². The molecule has 0 saturated carbocycles. The van der Waals surface area contributed by atoms with Gasteiger partial charge in [0.05, 0.1) is 17.8 Å². The molecule has 6 heteroatoms. The van der Waals surface area contributed by atoms with Crippen molar-refractivity contribution in [2.75, 3.05) is 17.7 Å². The van der Waals surface area contributed by atoms with Crippen LogP contribution in [0.1, 0.15) is 24.8 Å². The molecule has 0 bridgehead atoms. The predicted octanol–water partition coefficient (Wildman–Crippen LogP) is 3.44. The molecule has 4 nitrogen and oxygen atoms in total. The van der Waals surface area contributed by atoms with Gasteiger partial charge in [-0.05, 0) is 37.1 Å². The first-order chi connectivity index (χ1) is 11.1. The van der Waals surface area contributed by atoms with Crippen molar-refractivity contribution >= 4 is 23.4 Å². The average molecular weight is 334 g/mol. The van der Waals surface area contributed by atoms with Gasteiger partial charge in [-0.15, -0.1) is 11.8 Å². The molecule has 0 saturated heterocycles. The first-order valence-corrected chi connectivity index (χ1v) is 8.34. The van der Waals surface area contributed by atoms with Crippen molar-refractivity contribution in [3.05, 3.63) is 54.1 Å². The van der Waals surface area contributed by atoms with Crippen LogP contribution in [0.3, 0.4) is 0 Å². The predicted molar refractivity (Wildman–Crippen MR) is 90.1 cm³/mol. The summed E-state index contributed by atoms with van der Waals surface area (Å²) in [6.45, 7) is 1.87. The Balaban J connectivity index is 2.07. The Morgan fingerprint density at radius 2 is 2.26 bits per heavy atom. The van der Waals surface area contributed by atoms with E-state index in [4.69, 9.17) is 5.11 Å². The van der Waals surface area contributed by atoms with Gasteiger partial charge in [-0.2, -0.15) is 0 Å². The van der Waals surface area contributed by atoms with Crippen molar-refractivity contribution in [3.63, 3.8) is 0 Å². The third-order valence-corrected chi connectivity index (χ3v) is 4.50. The fraction of sp³-hybridized carbons (Fsp3) is 0.294. The van der Waals surface area contributed by atoms with E-state index in [9.17, 15) is 9.18 Å². The Morgan fingerprint density at radius 3 is 3.00 bits per heavy atom. The number of aromatic nitrogens is 1. The molecular weight excluding hydrogens is 315 g/mol. The summed E-state index contributed by atoms with van der Waals surface area (Å²) in [5, 5.41) is 11.7. The van der Waals surface area contributed by atoms with Crippen molar-refractivity contribution < 1.29 is 14.3 Å². The maximum Gasteiger partial charge on any atom is 0.231 e. The zero-order valence-corrected chi connectivity index (χ0v) is 13.6. The smallest absolute Gasteiger partial charge is 0.231 e. The molecule has 23 heavy (non-hydrogen) atoms. The fourth-order valence-corrected chi connectivity index (χ4v) is 2.93. The molecule has 1 atom stereocenters. The lowest BCUT2D eigenvalue weighted by atomic mass is 10.0. The molecular formula is C17H19FN2O2S. The molecule has 122 valence electrons. The number of rotatable bonds is 7. The molecule has 2 rings (SSSR count). The average Bonchev–Trinajstić information content (AvgIpc) is 2.56. The second-order valence-corrected chi connectivity index (χ2v) is 6.20. The molecule has 0 aliphatic heterocycles. The van der Waals surface area contributed by atoms with E-state index in [1.807, 2.05) is 6.07 Å². The number of hydrogen-bond acceptors (Lipinski definition) is 4. The number of anilines is 1. The van der Waals surface area contributed by atoms with Crippen LogP contribution in [-0.2, 0) is 4.79 Å².